The van der Waals surface area contributed by atoms with E-state index in [4.69, 9.17) is 4.74 Å². The summed E-state index contributed by atoms with van der Waals surface area (Å²) < 4.78 is 5.00. The lowest BCUT2D eigenvalue weighted by molar-refractivity contribution is -0.384. The highest BCUT2D eigenvalue weighted by Gasteiger charge is 2.17. The van der Waals surface area contributed by atoms with Crippen LogP contribution in [0.3, 0.4) is 0 Å². The van der Waals surface area contributed by atoms with Gasteiger partial charge < -0.3 is 10.1 Å². The quantitative estimate of drug-likeness (QED) is 0.583. The van der Waals surface area contributed by atoms with Crippen molar-refractivity contribution in [2.24, 2.45) is 0 Å². The van der Waals surface area contributed by atoms with E-state index in [1.54, 1.807) is 12.1 Å². The topological polar surface area (TPSA) is 64.4 Å². The number of rotatable bonds is 3. The highest BCUT2D eigenvalue weighted by atomic mass is 16.6. The van der Waals surface area contributed by atoms with Crippen molar-refractivity contribution in [3.63, 3.8) is 0 Å². The van der Waals surface area contributed by atoms with E-state index in [9.17, 15) is 10.1 Å². The molecule has 1 aromatic rings. The van der Waals surface area contributed by atoms with Gasteiger partial charge in [-0.3, -0.25) is 10.1 Å². The summed E-state index contributed by atoms with van der Waals surface area (Å²) in [6.07, 6.45) is 0. The van der Waals surface area contributed by atoms with Crippen LogP contribution in [0, 0.1) is 10.1 Å². The molecule has 74 valence electrons. The predicted octanol–water partition coefficient (Wildman–Crippen LogP) is 1.41. The van der Waals surface area contributed by atoms with Crippen LogP contribution in [-0.4, -0.2) is 24.2 Å². The fraction of sp³-hybridized carbons (Fsp3) is 0.333. The summed E-state index contributed by atoms with van der Waals surface area (Å²) >= 11 is 0. The summed E-state index contributed by atoms with van der Waals surface area (Å²) in [7, 11) is 0. The molecule has 0 unspecified atom stereocenters. The van der Waals surface area contributed by atoms with E-state index in [2.05, 4.69) is 5.32 Å². The molecule has 5 heteroatoms. The molecular weight excluding hydrogens is 184 g/mol. The van der Waals surface area contributed by atoms with Crippen LogP contribution in [0.4, 0.5) is 11.4 Å². The molecule has 1 heterocycles. The molecule has 1 aliphatic heterocycles. The van der Waals surface area contributed by atoms with Crippen LogP contribution in [0.25, 0.3) is 0 Å². The minimum Gasteiger partial charge on any atom is -0.378 e. The molecule has 0 spiro atoms. The normalized spacial score (nSPS) is 16.0. The van der Waals surface area contributed by atoms with Gasteiger partial charge in [0, 0.05) is 17.8 Å². The third-order valence-electron chi connectivity index (χ3n) is 2.09. The number of nitro benzene ring substituents is 1. The largest absolute Gasteiger partial charge is 0.378 e. The van der Waals surface area contributed by atoms with E-state index < -0.39 is 4.92 Å². The highest BCUT2D eigenvalue weighted by Crippen LogP contribution is 2.17. The fourth-order valence-corrected chi connectivity index (χ4v) is 1.23. The van der Waals surface area contributed by atoms with E-state index in [0.717, 1.165) is 5.69 Å². The van der Waals surface area contributed by atoms with Gasteiger partial charge in [0.2, 0.25) is 0 Å². The maximum atomic E-state index is 10.4. The van der Waals surface area contributed by atoms with Gasteiger partial charge >= 0.3 is 0 Å². The van der Waals surface area contributed by atoms with Crippen molar-refractivity contribution in [1.82, 2.24) is 0 Å². The molecule has 2 rings (SSSR count). The van der Waals surface area contributed by atoms with Crippen LogP contribution in [0.15, 0.2) is 24.3 Å². The second-order valence-electron chi connectivity index (χ2n) is 3.18. The van der Waals surface area contributed by atoms with Crippen LogP contribution < -0.4 is 5.32 Å². The van der Waals surface area contributed by atoms with E-state index in [1.165, 1.54) is 12.1 Å². The van der Waals surface area contributed by atoms with Crippen LogP contribution in [0.1, 0.15) is 0 Å². The highest BCUT2D eigenvalue weighted by molar-refractivity contribution is 5.49. The van der Waals surface area contributed by atoms with Crippen molar-refractivity contribution < 1.29 is 9.66 Å². The predicted molar refractivity (Wildman–Crippen MR) is 51.3 cm³/mol. The van der Waals surface area contributed by atoms with Crippen molar-refractivity contribution in [2.45, 2.75) is 6.04 Å². The van der Waals surface area contributed by atoms with Gasteiger partial charge in [-0.1, -0.05) is 0 Å². The van der Waals surface area contributed by atoms with Crippen LogP contribution >= 0.6 is 0 Å². The molecule has 5 nitrogen and oxygen atoms in total. The minimum absolute atomic E-state index is 0.111. The van der Waals surface area contributed by atoms with Gasteiger partial charge in [-0.2, -0.15) is 0 Å². The zero-order chi connectivity index (χ0) is 9.97. The van der Waals surface area contributed by atoms with Crippen molar-refractivity contribution in [3.8, 4) is 0 Å². The lowest BCUT2D eigenvalue weighted by Gasteiger charge is -2.27. The lowest BCUT2D eigenvalue weighted by Crippen LogP contribution is -2.40. The summed E-state index contributed by atoms with van der Waals surface area (Å²) in [4.78, 5) is 9.96. The Morgan fingerprint density at radius 3 is 2.43 bits per heavy atom. The van der Waals surface area contributed by atoms with Gasteiger partial charge in [0.25, 0.3) is 5.69 Å². The average molecular weight is 194 g/mol. The number of benzene rings is 1. The Kier molecular flexibility index (Phi) is 2.32. The van der Waals surface area contributed by atoms with Crippen LogP contribution in [0.5, 0.6) is 0 Å². The number of hydrogen-bond donors (Lipinski definition) is 1. The molecule has 0 aromatic heterocycles. The van der Waals surface area contributed by atoms with Crippen LogP contribution in [0.2, 0.25) is 0 Å². The van der Waals surface area contributed by atoms with Gasteiger partial charge in [0.1, 0.15) is 0 Å². The van der Waals surface area contributed by atoms with Crippen molar-refractivity contribution in [1.29, 1.82) is 0 Å². The molecule has 0 atom stereocenters. The number of nitrogens with zero attached hydrogens (tertiary/aromatic N) is 1. The molecule has 1 saturated heterocycles. The smallest absolute Gasteiger partial charge is 0.269 e. The molecule has 1 N–H and O–H groups in total. The lowest BCUT2D eigenvalue weighted by atomic mass is 10.2. The Hall–Kier alpha value is -1.62. The molecule has 0 radical (unpaired) electrons. The molecular formula is C9H10N2O3. The number of non-ortho nitro benzene ring substituents is 1. The first-order valence-electron chi connectivity index (χ1n) is 4.34. The molecule has 1 aromatic carbocycles. The number of nitrogens with one attached hydrogen (secondary N) is 1. The van der Waals surface area contributed by atoms with Crippen molar-refractivity contribution in [2.75, 3.05) is 18.5 Å². The summed E-state index contributed by atoms with van der Waals surface area (Å²) in [6.45, 7) is 1.41. The van der Waals surface area contributed by atoms with E-state index in [0.29, 0.717) is 19.3 Å². The van der Waals surface area contributed by atoms with Gasteiger partial charge in [0.05, 0.1) is 24.2 Å². The monoisotopic (exact) mass is 194 g/mol. The second-order valence-corrected chi connectivity index (χ2v) is 3.18. The number of anilines is 1. The maximum absolute atomic E-state index is 10.4. The second kappa shape index (κ2) is 3.63. The number of hydrogen-bond acceptors (Lipinski definition) is 4. The van der Waals surface area contributed by atoms with E-state index in [-0.39, 0.29) is 5.69 Å². The molecule has 1 fully saturated rings. The first-order chi connectivity index (χ1) is 6.75. The number of nitro groups is 1. The maximum Gasteiger partial charge on any atom is 0.269 e. The molecule has 14 heavy (non-hydrogen) atoms. The third-order valence-corrected chi connectivity index (χ3v) is 2.09. The zero-order valence-electron chi connectivity index (χ0n) is 7.47. The Labute approximate surface area is 80.8 Å². The van der Waals surface area contributed by atoms with Gasteiger partial charge in [0.15, 0.2) is 0 Å². The third kappa shape index (κ3) is 1.82. The fourth-order valence-electron chi connectivity index (χ4n) is 1.23. The van der Waals surface area contributed by atoms with Crippen molar-refractivity contribution >= 4 is 11.4 Å². The average Bonchev–Trinajstić information content (AvgIpc) is 2.12. The Balaban J connectivity index is 2.01. The van der Waals surface area contributed by atoms with E-state index >= 15 is 0 Å². The first-order valence-corrected chi connectivity index (χ1v) is 4.34. The number of ether oxygens (including phenoxy) is 1. The van der Waals surface area contributed by atoms with Crippen LogP contribution in [-0.2, 0) is 4.74 Å². The standard InChI is InChI=1S/C9H10N2O3/c12-11(13)9-3-1-7(2-4-9)10-8-5-14-6-8/h1-4,8,10H,5-6H2. The zero-order valence-corrected chi connectivity index (χ0v) is 7.47. The Bertz CT molecular complexity index is 332. The summed E-state index contributed by atoms with van der Waals surface area (Å²) in [5.74, 6) is 0. The van der Waals surface area contributed by atoms with E-state index in [1.807, 2.05) is 0 Å². The SMILES string of the molecule is O=[N+]([O-])c1ccc(NC2COC2)cc1. The molecule has 1 aliphatic rings. The molecule has 0 bridgehead atoms. The summed E-state index contributed by atoms with van der Waals surface area (Å²) in [5.41, 5.74) is 1.00. The first kappa shape index (κ1) is 8.96. The molecule has 0 saturated carbocycles. The minimum atomic E-state index is -0.407. The summed E-state index contributed by atoms with van der Waals surface area (Å²) in [5, 5.41) is 13.6. The van der Waals surface area contributed by atoms with Gasteiger partial charge in [-0.15, -0.1) is 0 Å². The van der Waals surface area contributed by atoms with Crippen molar-refractivity contribution in [3.05, 3.63) is 34.4 Å². The molecule has 0 aliphatic carbocycles. The molecule has 0 amide bonds. The summed E-state index contributed by atoms with van der Waals surface area (Å²) in [6, 6.07) is 6.73. The van der Waals surface area contributed by atoms with Gasteiger partial charge in [-0.05, 0) is 12.1 Å². The Morgan fingerprint density at radius 1 is 1.36 bits per heavy atom. The van der Waals surface area contributed by atoms with Gasteiger partial charge in [-0.25, -0.2) is 0 Å². The Morgan fingerprint density at radius 2 is 2.00 bits per heavy atom.